The highest BCUT2D eigenvalue weighted by Crippen LogP contribution is 2.25. The van der Waals surface area contributed by atoms with E-state index in [0.717, 1.165) is 5.52 Å². The van der Waals surface area contributed by atoms with Gasteiger partial charge in [0, 0.05) is 13.7 Å². The van der Waals surface area contributed by atoms with Crippen molar-refractivity contribution in [3.8, 4) is 5.75 Å². The molecule has 36 heavy (non-hydrogen) atoms. The molecule has 2 amide bonds. The van der Waals surface area contributed by atoms with Gasteiger partial charge >= 0.3 is 0 Å². The van der Waals surface area contributed by atoms with Gasteiger partial charge in [-0.3, -0.25) is 9.59 Å². The minimum Gasteiger partial charge on any atom is -0.494 e. The second-order valence-corrected chi connectivity index (χ2v) is 8.02. The number of nitrogens with zero attached hydrogens (tertiary/aromatic N) is 4. The number of hydrogen-bond acceptors (Lipinski definition) is 7. The van der Waals surface area contributed by atoms with Crippen molar-refractivity contribution in [3.63, 3.8) is 0 Å². The van der Waals surface area contributed by atoms with Gasteiger partial charge in [0.25, 0.3) is 0 Å². The SMILES string of the molecule is CCOc1ccc([C@H](C(=O)NCc2ccco2)N(CCOC)C(=O)Cn2nnc3ccccc32)cc1. The monoisotopic (exact) mass is 491 g/mol. The lowest BCUT2D eigenvalue weighted by atomic mass is 10.0. The number of benzene rings is 2. The minimum atomic E-state index is -0.909. The van der Waals surface area contributed by atoms with Gasteiger partial charge in [-0.1, -0.05) is 29.5 Å². The van der Waals surface area contributed by atoms with E-state index >= 15 is 0 Å². The summed E-state index contributed by atoms with van der Waals surface area (Å²) >= 11 is 0. The molecule has 0 aliphatic heterocycles. The summed E-state index contributed by atoms with van der Waals surface area (Å²) in [5, 5.41) is 11.2. The molecule has 10 nitrogen and oxygen atoms in total. The fourth-order valence-corrected chi connectivity index (χ4v) is 3.91. The highest BCUT2D eigenvalue weighted by Gasteiger charge is 2.32. The Labute approximate surface area is 208 Å². The third-order valence-corrected chi connectivity index (χ3v) is 5.65. The molecule has 2 aromatic heterocycles. The van der Waals surface area contributed by atoms with Crippen LogP contribution in [0.4, 0.5) is 0 Å². The molecule has 1 atom stereocenters. The normalized spacial score (nSPS) is 11.8. The maximum atomic E-state index is 13.6. The number of carbonyl (C=O) groups excluding carboxylic acids is 2. The van der Waals surface area contributed by atoms with Crippen LogP contribution in [0.25, 0.3) is 11.0 Å². The molecule has 0 saturated heterocycles. The largest absolute Gasteiger partial charge is 0.494 e. The van der Waals surface area contributed by atoms with E-state index in [2.05, 4.69) is 15.6 Å². The van der Waals surface area contributed by atoms with Crippen LogP contribution in [0.1, 0.15) is 24.3 Å². The van der Waals surface area contributed by atoms with Crippen molar-refractivity contribution in [1.29, 1.82) is 0 Å². The molecule has 4 rings (SSSR count). The van der Waals surface area contributed by atoms with Crippen LogP contribution < -0.4 is 10.1 Å². The molecule has 0 saturated carbocycles. The molecular weight excluding hydrogens is 462 g/mol. The van der Waals surface area contributed by atoms with Gasteiger partial charge in [-0.05, 0) is 48.9 Å². The van der Waals surface area contributed by atoms with Gasteiger partial charge in [-0.15, -0.1) is 5.10 Å². The molecule has 4 aromatic rings. The lowest BCUT2D eigenvalue weighted by molar-refractivity contribution is -0.142. The molecular formula is C26H29N5O5. The van der Waals surface area contributed by atoms with E-state index in [1.165, 1.54) is 9.58 Å². The van der Waals surface area contributed by atoms with Crippen molar-refractivity contribution < 1.29 is 23.5 Å². The first kappa shape index (κ1) is 24.9. The molecule has 0 aliphatic rings. The van der Waals surface area contributed by atoms with Crippen molar-refractivity contribution in [3.05, 3.63) is 78.3 Å². The first-order valence-corrected chi connectivity index (χ1v) is 11.7. The maximum absolute atomic E-state index is 13.6. The van der Waals surface area contributed by atoms with Crippen LogP contribution in [0.5, 0.6) is 5.75 Å². The van der Waals surface area contributed by atoms with E-state index < -0.39 is 6.04 Å². The lowest BCUT2D eigenvalue weighted by Gasteiger charge is -2.31. The van der Waals surface area contributed by atoms with Crippen molar-refractivity contribution in [2.45, 2.75) is 26.1 Å². The van der Waals surface area contributed by atoms with Crippen molar-refractivity contribution >= 4 is 22.8 Å². The van der Waals surface area contributed by atoms with E-state index in [-0.39, 0.29) is 38.1 Å². The molecule has 10 heteroatoms. The van der Waals surface area contributed by atoms with Crippen molar-refractivity contribution in [1.82, 2.24) is 25.2 Å². The first-order valence-electron chi connectivity index (χ1n) is 11.7. The quantitative estimate of drug-likeness (QED) is 0.324. The molecule has 2 aromatic carbocycles. The zero-order valence-corrected chi connectivity index (χ0v) is 20.3. The molecule has 0 aliphatic carbocycles. The smallest absolute Gasteiger partial charge is 0.247 e. The van der Waals surface area contributed by atoms with Crippen molar-refractivity contribution in [2.75, 3.05) is 26.9 Å². The summed E-state index contributed by atoms with van der Waals surface area (Å²) in [4.78, 5) is 28.7. The maximum Gasteiger partial charge on any atom is 0.247 e. The molecule has 0 fully saturated rings. The van der Waals surface area contributed by atoms with Gasteiger partial charge in [0.05, 0.1) is 31.5 Å². The Hall–Kier alpha value is -4.18. The van der Waals surface area contributed by atoms with E-state index in [4.69, 9.17) is 13.9 Å². The highest BCUT2D eigenvalue weighted by molar-refractivity contribution is 5.89. The van der Waals surface area contributed by atoms with Crippen LogP contribution in [0.2, 0.25) is 0 Å². The van der Waals surface area contributed by atoms with E-state index in [0.29, 0.717) is 29.2 Å². The molecule has 0 unspecified atom stereocenters. The second kappa shape index (κ2) is 12.0. The van der Waals surface area contributed by atoms with Gasteiger partial charge in [0.15, 0.2) is 0 Å². The average molecular weight is 492 g/mol. The Morgan fingerprint density at radius 2 is 1.92 bits per heavy atom. The summed E-state index contributed by atoms with van der Waals surface area (Å²) in [6.45, 7) is 2.99. The van der Waals surface area contributed by atoms with Crippen LogP contribution in [-0.2, 0) is 27.4 Å². The minimum absolute atomic E-state index is 0.0801. The van der Waals surface area contributed by atoms with Crippen LogP contribution in [-0.4, -0.2) is 58.6 Å². The number of methoxy groups -OCH3 is 1. The van der Waals surface area contributed by atoms with E-state index in [1.54, 1.807) is 49.8 Å². The molecule has 1 N–H and O–H groups in total. The number of rotatable bonds is 12. The number of amides is 2. The Bertz CT molecular complexity index is 1270. The third-order valence-electron chi connectivity index (χ3n) is 5.65. The predicted octanol–water partition coefficient (Wildman–Crippen LogP) is 2.96. The Morgan fingerprint density at radius 1 is 1.11 bits per heavy atom. The van der Waals surface area contributed by atoms with Gasteiger partial charge in [-0.2, -0.15) is 0 Å². The number of carbonyl (C=O) groups is 2. The third kappa shape index (κ3) is 5.89. The Morgan fingerprint density at radius 3 is 2.64 bits per heavy atom. The second-order valence-electron chi connectivity index (χ2n) is 8.02. The van der Waals surface area contributed by atoms with Gasteiger partial charge in [-0.25, -0.2) is 4.68 Å². The number of hydrogen-bond donors (Lipinski definition) is 1. The van der Waals surface area contributed by atoms with Crippen LogP contribution in [0.3, 0.4) is 0 Å². The predicted molar refractivity (Wildman–Crippen MR) is 132 cm³/mol. The molecule has 188 valence electrons. The summed E-state index contributed by atoms with van der Waals surface area (Å²) in [6, 6.07) is 17.2. The Balaban J connectivity index is 1.64. The standard InChI is InChI=1S/C26H29N5O5/c1-3-35-20-12-10-19(11-13-20)25(26(33)27-17-21-7-6-15-36-21)30(14-16-34-2)24(32)18-31-23-9-5-4-8-22(23)28-29-31/h4-13,15,25H,3,14,16-18H2,1-2H3,(H,27,33)/t25-/m1/s1. The Kier molecular flexibility index (Phi) is 8.30. The number of fused-ring (bicyclic) bond motifs is 1. The summed E-state index contributed by atoms with van der Waals surface area (Å²) < 4.78 is 17.7. The van der Waals surface area contributed by atoms with E-state index in [9.17, 15) is 9.59 Å². The molecule has 0 radical (unpaired) electrons. The summed E-state index contributed by atoms with van der Waals surface area (Å²) in [6.07, 6.45) is 1.54. The van der Waals surface area contributed by atoms with Crippen LogP contribution in [0.15, 0.2) is 71.3 Å². The number of para-hydroxylation sites is 1. The number of aromatic nitrogens is 3. The van der Waals surface area contributed by atoms with Crippen LogP contribution in [0, 0.1) is 0 Å². The first-order chi connectivity index (χ1) is 17.6. The van der Waals surface area contributed by atoms with Crippen LogP contribution >= 0.6 is 0 Å². The number of nitrogens with one attached hydrogen (secondary N) is 1. The number of furan rings is 1. The summed E-state index contributed by atoms with van der Waals surface area (Å²) in [5.74, 6) is 0.649. The van der Waals surface area contributed by atoms with Gasteiger partial charge in [0.1, 0.15) is 29.6 Å². The fraction of sp³-hybridized carbons (Fsp3) is 0.308. The molecule has 2 heterocycles. The average Bonchev–Trinajstić information content (AvgIpc) is 3.56. The number of ether oxygens (including phenoxy) is 2. The molecule has 0 spiro atoms. The lowest BCUT2D eigenvalue weighted by Crippen LogP contribution is -2.46. The zero-order valence-electron chi connectivity index (χ0n) is 20.3. The van der Waals surface area contributed by atoms with Gasteiger partial charge < -0.3 is 24.1 Å². The topological polar surface area (TPSA) is 112 Å². The summed E-state index contributed by atoms with van der Waals surface area (Å²) in [5.41, 5.74) is 2.06. The summed E-state index contributed by atoms with van der Waals surface area (Å²) in [7, 11) is 1.55. The zero-order chi connectivity index (χ0) is 25.3. The van der Waals surface area contributed by atoms with Crippen molar-refractivity contribution in [2.24, 2.45) is 0 Å². The van der Waals surface area contributed by atoms with E-state index in [1.807, 2.05) is 31.2 Å². The van der Waals surface area contributed by atoms with Gasteiger partial charge in [0.2, 0.25) is 11.8 Å². The molecule has 0 bridgehead atoms. The fourth-order valence-electron chi connectivity index (χ4n) is 3.91. The highest BCUT2D eigenvalue weighted by atomic mass is 16.5.